The lowest BCUT2D eigenvalue weighted by Crippen LogP contribution is -2.31. The van der Waals surface area contributed by atoms with Crippen LogP contribution in [0, 0.1) is 0 Å². The Labute approximate surface area is 188 Å². The van der Waals surface area contributed by atoms with Gasteiger partial charge in [-0.25, -0.2) is 4.52 Å². The van der Waals surface area contributed by atoms with E-state index in [1.165, 1.54) is 5.69 Å². The van der Waals surface area contributed by atoms with Crippen LogP contribution >= 0.6 is 0 Å². The van der Waals surface area contributed by atoms with Crippen molar-refractivity contribution in [3.05, 3.63) is 54.4 Å². The van der Waals surface area contributed by atoms with Crippen LogP contribution in [0.5, 0.6) is 0 Å². The largest absolute Gasteiger partial charge is 0.481 e. The standard InChI is InChI=1S/C21H26N4O2.C3H6O2/c1-4-24(12-11-23(2)3)19-8-6-5-7-18(19)16-9-10-25-20(13-16)17(15-22-25)14-21(26)27;4-2-1-3-5/h5-10,13,15H,4,11-12,14H2,1-3H3,(H,26,27);2,5H,1,3H2. The molecule has 1 aromatic carbocycles. The summed E-state index contributed by atoms with van der Waals surface area (Å²) in [4.78, 5) is 24.9. The zero-order valence-electron chi connectivity index (χ0n) is 18.9. The Balaban J connectivity index is 0.000000654. The topological polar surface area (TPSA) is 98.4 Å². The van der Waals surface area contributed by atoms with E-state index in [2.05, 4.69) is 54.1 Å². The number of likely N-dealkylation sites (N-methyl/N-ethyl adjacent to an activating group) is 2. The molecule has 0 unspecified atom stereocenters. The fourth-order valence-corrected chi connectivity index (χ4v) is 3.31. The number of hydrogen-bond donors (Lipinski definition) is 2. The smallest absolute Gasteiger partial charge is 0.307 e. The first-order chi connectivity index (χ1) is 15.4. The number of carbonyl (C=O) groups is 2. The molecule has 0 fully saturated rings. The first-order valence-corrected chi connectivity index (χ1v) is 10.6. The van der Waals surface area contributed by atoms with Gasteiger partial charge in [-0.1, -0.05) is 18.2 Å². The van der Waals surface area contributed by atoms with Gasteiger partial charge in [0.1, 0.15) is 6.29 Å². The summed E-state index contributed by atoms with van der Waals surface area (Å²) in [7, 11) is 4.16. The number of aliphatic carboxylic acids is 1. The van der Waals surface area contributed by atoms with Crippen LogP contribution in [0.2, 0.25) is 0 Å². The Kier molecular flexibility index (Phi) is 9.84. The van der Waals surface area contributed by atoms with Crippen LogP contribution < -0.4 is 4.90 Å². The fraction of sp³-hybridized carbons (Fsp3) is 0.375. The fourth-order valence-electron chi connectivity index (χ4n) is 3.31. The number of aliphatic hydroxyl groups is 1. The molecule has 0 bridgehead atoms. The summed E-state index contributed by atoms with van der Waals surface area (Å²) in [5.41, 5.74) is 4.95. The molecule has 32 heavy (non-hydrogen) atoms. The van der Waals surface area contributed by atoms with Crippen molar-refractivity contribution in [2.24, 2.45) is 0 Å². The number of aromatic nitrogens is 2. The average Bonchev–Trinajstić information content (AvgIpc) is 3.17. The molecule has 0 aliphatic heterocycles. The Hall–Kier alpha value is -3.23. The lowest BCUT2D eigenvalue weighted by Gasteiger charge is -2.27. The number of nitrogens with zero attached hydrogens (tertiary/aromatic N) is 4. The van der Waals surface area contributed by atoms with E-state index in [4.69, 9.17) is 10.2 Å². The molecule has 3 aromatic rings. The second-order valence-corrected chi connectivity index (χ2v) is 7.56. The van der Waals surface area contributed by atoms with Crippen LogP contribution in [0.1, 0.15) is 18.9 Å². The van der Waals surface area contributed by atoms with Crippen molar-refractivity contribution < 1.29 is 19.8 Å². The molecule has 2 heterocycles. The van der Waals surface area contributed by atoms with Gasteiger partial charge >= 0.3 is 5.97 Å². The van der Waals surface area contributed by atoms with Crippen LogP contribution in [0.4, 0.5) is 5.69 Å². The molecule has 2 N–H and O–H groups in total. The summed E-state index contributed by atoms with van der Waals surface area (Å²) in [6.45, 7) is 4.98. The highest BCUT2D eigenvalue weighted by molar-refractivity contribution is 5.82. The third-order valence-electron chi connectivity index (χ3n) is 4.94. The quantitative estimate of drug-likeness (QED) is 0.468. The number of carboxylic acid groups (broad SMARTS) is 1. The number of aldehydes is 1. The van der Waals surface area contributed by atoms with Gasteiger partial charge in [-0.2, -0.15) is 5.10 Å². The molecule has 0 aliphatic rings. The number of benzene rings is 1. The van der Waals surface area contributed by atoms with E-state index in [1.807, 2.05) is 24.4 Å². The molecule has 0 atom stereocenters. The Morgan fingerprint density at radius 2 is 1.94 bits per heavy atom. The van der Waals surface area contributed by atoms with Crippen molar-refractivity contribution >= 4 is 23.5 Å². The Bertz CT molecular complexity index is 1020. The minimum Gasteiger partial charge on any atom is -0.481 e. The number of hydrogen-bond acceptors (Lipinski definition) is 6. The van der Waals surface area contributed by atoms with Gasteiger partial charge < -0.3 is 24.8 Å². The second kappa shape index (κ2) is 12.6. The normalized spacial score (nSPS) is 10.7. The highest BCUT2D eigenvalue weighted by atomic mass is 16.4. The monoisotopic (exact) mass is 440 g/mol. The lowest BCUT2D eigenvalue weighted by atomic mass is 10.0. The van der Waals surface area contributed by atoms with E-state index in [-0.39, 0.29) is 19.4 Å². The lowest BCUT2D eigenvalue weighted by molar-refractivity contribution is -0.136. The zero-order valence-corrected chi connectivity index (χ0v) is 18.9. The highest BCUT2D eigenvalue weighted by Crippen LogP contribution is 2.32. The summed E-state index contributed by atoms with van der Waals surface area (Å²) in [5.74, 6) is -0.850. The van der Waals surface area contributed by atoms with Crippen LogP contribution in [-0.4, -0.2) is 77.3 Å². The molecule has 8 nitrogen and oxygen atoms in total. The summed E-state index contributed by atoms with van der Waals surface area (Å²) in [6.07, 6.45) is 4.44. The van der Waals surface area contributed by atoms with Gasteiger partial charge in [0.05, 0.1) is 18.1 Å². The molecular weight excluding hydrogens is 408 g/mol. The predicted molar refractivity (Wildman–Crippen MR) is 126 cm³/mol. The highest BCUT2D eigenvalue weighted by Gasteiger charge is 2.14. The second-order valence-electron chi connectivity index (χ2n) is 7.56. The first-order valence-electron chi connectivity index (χ1n) is 10.6. The number of pyridine rings is 1. The minimum absolute atomic E-state index is 0.0243. The maximum absolute atomic E-state index is 11.1. The number of aliphatic hydroxyl groups excluding tert-OH is 1. The van der Waals surface area contributed by atoms with E-state index in [1.54, 1.807) is 10.7 Å². The molecule has 0 aliphatic carbocycles. The number of rotatable bonds is 10. The van der Waals surface area contributed by atoms with E-state index in [9.17, 15) is 9.59 Å². The summed E-state index contributed by atoms with van der Waals surface area (Å²) < 4.78 is 1.73. The molecule has 0 saturated heterocycles. The van der Waals surface area contributed by atoms with E-state index in [0.29, 0.717) is 6.29 Å². The van der Waals surface area contributed by atoms with Crippen LogP contribution in [-0.2, 0) is 16.0 Å². The molecular formula is C24H32N4O4. The van der Waals surface area contributed by atoms with Gasteiger partial charge in [0.2, 0.25) is 0 Å². The van der Waals surface area contributed by atoms with Gasteiger partial charge in [-0.05, 0) is 44.8 Å². The van der Waals surface area contributed by atoms with Crippen LogP contribution in [0.25, 0.3) is 16.6 Å². The first kappa shape index (κ1) is 25.0. The summed E-state index contributed by atoms with van der Waals surface area (Å²) in [5, 5.41) is 21.2. The number of para-hydroxylation sites is 1. The van der Waals surface area contributed by atoms with Crippen molar-refractivity contribution in [2.45, 2.75) is 19.8 Å². The molecule has 0 amide bonds. The van der Waals surface area contributed by atoms with Crippen molar-refractivity contribution in [1.82, 2.24) is 14.5 Å². The minimum atomic E-state index is -0.850. The Morgan fingerprint density at radius 1 is 1.19 bits per heavy atom. The third-order valence-corrected chi connectivity index (χ3v) is 4.94. The average molecular weight is 441 g/mol. The van der Waals surface area contributed by atoms with Gasteiger partial charge in [0.25, 0.3) is 0 Å². The summed E-state index contributed by atoms with van der Waals surface area (Å²) in [6, 6.07) is 12.4. The van der Waals surface area contributed by atoms with Gasteiger partial charge in [-0.3, -0.25) is 4.79 Å². The molecule has 2 aromatic heterocycles. The van der Waals surface area contributed by atoms with Gasteiger partial charge in [0, 0.05) is 55.7 Å². The van der Waals surface area contributed by atoms with E-state index >= 15 is 0 Å². The van der Waals surface area contributed by atoms with E-state index in [0.717, 1.165) is 41.8 Å². The number of carbonyl (C=O) groups excluding carboxylic acids is 1. The van der Waals surface area contributed by atoms with Crippen molar-refractivity contribution in [2.75, 3.05) is 45.2 Å². The van der Waals surface area contributed by atoms with Gasteiger partial charge in [0.15, 0.2) is 0 Å². The molecule has 172 valence electrons. The Morgan fingerprint density at radius 3 is 2.53 bits per heavy atom. The number of carboxylic acids is 1. The zero-order chi connectivity index (χ0) is 23.5. The molecule has 0 radical (unpaired) electrons. The predicted octanol–water partition coefficient (Wildman–Crippen LogP) is 2.58. The number of fused-ring (bicyclic) bond motifs is 1. The summed E-state index contributed by atoms with van der Waals surface area (Å²) >= 11 is 0. The van der Waals surface area contributed by atoms with Crippen LogP contribution in [0.3, 0.4) is 0 Å². The van der Waals surface area contributed by atoms with Crippen molar-refractivity contribution in [3.8, 4) is 11.1 Å². The SMILES string of the molecule is CCN(CCN(C)C)c1ccccc1-c1ccn2ncc(CC(=O)O)c2c1.O=CCCO. The van der Waals surface area contributed by atoms with Crippen molar-refractivity contribution in [1.29, 1.82) is 0 Å². The van der Waals surface area contributed by atoms with E-state index < -0.39 is 5.97 Å². The van der Waals surface area contributed by atoms with Crippen LogP contribution in [0.15, 0.2) is 48.8 Å². The molecule has 8 heteroatoms. The van der Waals surface area contributed by atoms with Gasteiger partial charge in [-0.15, -0.1) is 0 Å². The maximum atomic E-state index is 11.1. The third kappa shape index (κ3) is 6.90. The van der Waals surface area contributed by atoms with Crippen molar-refractivity contribution in [3.63, 3.8) is 0 Å². The number of anilines is 1. The molecule has 0 saturated carbocycles. The maximum Gasteiger partial charge on any atom is 0.307 e. The molecule has 3 rings (SSSR count). The molecule has 0 spiro atoms.